The molecule has 0 spiro atoms. The largest absolute Gasteiger partial charge is 0.387 e. The monoisotopic (exact) mass is 263 g/mol. The normalized spacial score (nSPS) is 11.1. The Kier molecular flexibility index (Phi) is 2.97. The smallest absolute Gasteiger partial charge is 0.300 e. The van der Waals surface area contributed by atoms with Gasteiger partial charge in [0.25, 0.3) is 10.1 Å². The van der Waals surface area contributed by atoms with Gasteiger partial charge in [-0.3, -0.25) is 24.8 Å². The molecule has 0 atom stereocenters. The minimum atomic E-state index is -4.80. The van der Waals surface area contributed by atoms with Crippen LogP contribution in [0.2, 0.25) is 0 Å². The zero-order valence-electron chi connectivity index (χ0n) is 7.93. The highest BCUT2D eigenvalue weighted by atomic mass is 32.2. The molecule has 0 saturated carbocycles. The van der Waals surface area contributed by atoms with Crippen LogP contribution >= 0.6 is 0 Å². The van der Waals surface area contributed by atoms with E-state index in [-0.39, 0.29) is 0 Å². The van der Waals surface area contributed by atoms with Gasteiger partial charge < -0.3 is 5.73 Å². The van der Waals surface area contributed by atoms with E-state index in [9.17, 15) is 28.6 Å². The molecule has 0 aliphatic carbocycles. The lowest BCUT2D eigenvalue weighted by Crippen LogP contribution is -2.05. The van der Waals surface area contributed by atoms with Crippen LogP contribution in [0.4, 0.5) is 17.1 Å². The Morgan fingerprint density at radius 3 is 1.71 bits per heavy atom. The summed E-state index contributed by atoms with van der Waals surface area (Å²) in [5.41, 5.74) is 2.42. The molecule has 0 aromatic heterocycles. The number of nitrogens with two attached hydrogens (primary N) is 1. The van der Waals surface area contributed by atoms with E-state index in [1.807, 2.05) is 0 Å². The summed E-state index contributed by atoms with van der Waals surface area (Å²) in [5.74, 6) is 0. The van der Waals surface area contributed by atoms with Crippen molar-refractivity contribution in [2.24, 2.45) is 0 Å². The zero-order valence-corrected chi connectivity index (χ0v) is 8.75. The minimum Gasteiger partial charge on any atom is -0.387 e. The number of rotatable bonds is 3. The number of nitrogens with zero attached hydrogens (tertiary/aromatic N) is 2. The van der Waals surface area contributed by atoms with Crippen molar-refractivity contribution < 1.29 is 22.8 Å². The quantitative estimate of drug-likeness (QED) is 0.340. The van der Waals surface area contributed by atoms with Crippen molar-refractivity contribution >= 4 is 27.2 Å². The molecule has 10 nitrogen and oxygen atoms in total. The molecule has 0 saturated heterocycles. The van der Waals surface area contributed by atoms with Gasteiger partial charge in [0.1, 0.15) is 4.90 Å². The Bertz CT molecular complexity index is 573. The number of anilines is 1. The summed E-state index contributed by atoms with van der Waals surface area (Å²) in [6.07, 6.45) is 0. The second-order valence-corrected chi connectivity index (χ2v) is 4.29. The van der Waals surface area contributed by atoms with Crippen molar-refractivity contribution in [2.75, 3.05) is 5.73 Å². The number of hydrogen-bond acceptors (Lipinski definition) is 7. The molecule has 0 bridgehead atoms. The first-order valence-electron chi connectivity index (χ1n) is 3.84. The summed E-state index contributed by atoms with van der Waals surface area (Å²) in [6, 6.07) is 0.884. The lowest BCUT2D eigenvalue weighted by atomic mass is 10.2. The van der Waals surface area contributed by atoms with Crippen molar-refractivity contribution in [2.45, 2.75) is 4.90 Å². The van der Waals surface area contributed by atoms with Crippen LogP contribution in [0, 0.1) is 20.2 Å². The van der Waals surface area contributed by atoms with Crippen molar-refractivity contribution in [1.82, 2.24) is 0 Å². The maximum Gasteiger partial charge on any atom is 0.300 e. The number of benzene rings is 1. The van der Waals surface area contributed by atoms with Gasteiger partial charge in [0.15, 0.2) is 5.69 Å². The fourth-order valence-electron chi connectivity index (χ4n) is 1.05. The van der Waals surface area contributed by atoms with E-state index in [0.29, 0.717) is 12.1 Å². The van der Waals surface area contributed by atoms with E-state index >= 15 is 0 Å². The molecule has 0 fully saturated rings. The van der Waals surface area contributed by atoms with E-state index in [4.69, 9.17) is 10.3 Å². The number of hydrogen-bond donors (Lipinski definition) is 2. The minimum absolute atomic E-state index is 0.442. The van der Waals surface area contributed by atoms with Gasteiger partial charge in [0, 0.05) is 12.1 Å². The first-order valence-corrected chi connectivity index (χ1v) is 5.28. The summed E-state index contributed by atoms with van der Waals surface area (Å²) in [6.45, 7) is 0. The van der Waals surface area contributed by atoms with Gasteiger partial charge in [-0.05, 0) is 0 Å². The van der Waals surface area contributed by atoms with Crippen molar-refractivity contribution in [3.8, 4) is 0 Å². The fourth-order valence-corrected chi connectivity index (χ4v) is 1.57. The third-order valence-electron chi connectivity index (χ3n) is 1.80. The summed E-state index contributed by atoms with van der Waals surface area (Å²) < 4.78 is 30.2. The van der Waals surface area contributed by atoms with Gasteiger partial charge >= 0.3 is 11.4 Å². The Balaban J connectivity index is 3.71. The Labute approximate surface area is 93.7 Å². The van der Waals surface area contributed by atoms with Gasteiger partial charge in [-0.15, -0.1) is 0 Å². The molecule has 0 heterocycles. The van der Waals surface area contributed by atoms with Gasteiger partial charge in [-0.25, -0.2) is 0 Å². The topological polar surface area (TPSA) is 167 Å². The molecule has 17 heavy (non-hydrogen) atoms. The first-order chi connectivity index (χ1) is 7.64. The SMILES string of the molecule is Nc1c([N+](=O)[O-])cc(S(=O)(=O)O)cc1[N+](=O)[O-]. The third-order valence-corrected chi connectivity index (χ3v) is 2.63. The third kappa shape index (κ3) is 2.46. The summed E-state index contributed by atoms with van der Waals surface area (Å²) >= 11 is 0. The van der Waals surface area contributed by atoms with E-state index in [2.05, 4.69) is 0 Å². The Morgan fingerprint density at radius 2 is 1.47 bits per heavy atom. The van der Waals surface area contributed by atoms with Crippen LogP contribution in [0.3, 0.4) is 0 Å². The highest BCUT2D eigenvalue weighted by Crippen LogP contribution is 2.34. The number of nitro benzene ring substituents is 2. The predicted molar refractivity (Wildman–Crippen MR) is 54.0 cm³/mol. The first kappa shape index (κ1) is 12.8. The lowest BCUT2D eigenvalue weighted by Gasteiger charge is -2.01. The van der Waals surface area contributed by atoms with E-state index in [1.54, 1.807) is 0 Å². The fraction of sp³-hybridized carbons (Fsp3) is 0. The summed E-state index contributed by atoms with van der Waals surface area (Å²) in [4.78, 5) is 17.9. The van der Waals surface area contributed by atoms with E-state index in [1.165, 1.54) is 0 Å². The predicted octanol–water partition coefficient (Wildman–Crippen LogP) is 0.332. The molecular formula is C6H5N3O7S. The zero-order chi connectivity index (χ0) is 13.4. The van der Waals surface area contributed by atoms with Crippen LogP contribution in [0.15, 0.2) is 17.0 Å². The molecular weight excluding hydrogens is 258 g/mol. The molecule has 0 aliphatic heterocycles. The summed E-state index contributed by atoms with van der Waals surface area (Å²) in [7, 11) is -4.80. The highest BCUT2D eigenvalue weighted by Gasteiger charge is 2.27. The average molecular weight is 263 g/mol. The second kappa shape index (κ2) is 3.95. The highest BCUT2D eigenvalue weighted by molar-refractivity contribution is 7.85. The molecule has 11 heteroatoms. The maximum absolute atomic E-state index is 10.8. The van der Waals surface area contributed by atoms with Gasteiger partial charge in [0.2, 0.25) is 0 Å². The van der Waals surface area contributed by atoms with E-state index < -0.39 is 41.9 Å². The van der Waals surface area contributed by atoms with Crippen LogP contribution in [0.5, 0.6) is 0 Å². The van der Waals surface area contributed by atoms with Crippen LogP contribution in [-0.2, 0) is 10.1 Å². The van der Waals surface area contributed by atoms with Crippen LogP contribution < -0.4 is 5.73 Å². The van der Waals surface area contributed by atoms with Gasteiger partial charge in [0.05, 0.1) is 9.85 Å². The number of nitro groups is 2. The van der Waals surface area contributed by atoms with Crippen LogP contribution in [0.1, 0.15) is 0 Å². The number of nitrogen functional groups attached to an aromatic ring is 1. The molecule has 1 aromatic rings. The molecule has 0 radical (unpaired) electrons. The average Bonchev–Trinajstić information content (AvgIpc) is 2.14. The molecule has 92 valence electrons. The molecule has 1 aromatic carbocycles. The standard InChI is InChI=1S/C6H5N3O7S/c7-6-4(8(10)11)1-3(17(14,15)16)2-5(6)9(12)13/h1-2H,7H2,(H,14,15,16). The van der Waals surface area contributed by atoms with Crippen molar-refractivity contribution in [3.63, 3.8) is 0 Å². The van der Waals surface area contributed by atoms with Crippen LogP contribution in [-0.4, -0.2) is 22.8 Å². The molecule has 3 N–H and O–H groups in total. The van der Waals surface area contributed by atoms with Gasteiger partial charge in [-0.2, -0.15) is 8.42 Å². The van der Waals surface area contributed by atoms with E-state index in [0.717, 1.165) is 0 Å². The van der Waals surface area contributed by atoms with Crippen molar-refractivity contribution in [3.05, 3.63) is 32.4 Å². The second-order valence-electron chi connectivity index (χ2n) is 2.86. The van der Waals surface area contributed by atoms with Crippen LogP contribution in [0.25, 0.3) is 0 Å². The molecule has 0 unspecified atom stereocenters. The summed E-state index contributed by atoms with van der Waals surface area (Å²) in [5, 5.41) is 21.0. The molecule has 1 rings (SSSR count). The Hall–Kier alpha value is -2.27. The van der Waals surface area contributed by atoms with Crippen molar-refractivity contribution in [1.29, 1.82) is 0 Å². The Morgan fingerprint density at radius 1 is 1.12 bits per heavy atom. The lowest BCUT2D eigenvalue weighted by molar-refractivity contribution is -0.392. The maximum atomic E-state index is 10.8. The molecule has 0 amide bonds. The molecule has 0 aliphatic rings. The van der Waals surface area contributed by atoms with Gasteiger partial charge in [-0.1, -0.05) is 0 Å².